The largest absolute Gasteiger partial charge is 0.496 e. The number of benzene rings is 3. The molecule has 1 spiro atoms. The van der Waals surface area contributed by atoms with Crippen LogP contribution in [-0.2, 0) is 29.6 Å². The van der Waals surface area contributed by atoms with E-state index in [1.807, 2.05) is 65.7 Å². The summed E-state index contributed by atoms with van der Waals surface area (Å²) in [5.41, 5.74) is 6.66. The molecule has 11 nitrogen and oxygen atoms in total. The molecule has 0 radical (unpaired) electrons. The molecule has 1 saturated heterocycles. The number of methoxy groups -OCH3 is 1. The fraction of sp³-hybridized carbons (Fsp3) is 0.442. The number of amides is 1. The molecule has 0 unspecified atom stereocenters. The Balaban J connectivity index is 0.916. The van der Waals surface area contributed by atoms with Crippen molar-refractivity contribution < 1.29 is 24.2 Å². The van der Waals surface area contributed by atoms with Gasteiger partial charge in [0.05, 0.1) is 25.0 Å². The Morgan fingerprint density at radius 2 is 1.73 bits per heavy atom. The highest BCUT2D eigenvalue weighted by Gasteiger charge is 2.54. The molecule has 3 heterocycles. The second kappa shape index (κ2) is 18.5. The van der Waals surface area contributed by atoms with E-state index in [1.54, 1.807) is 25.4 Å². The van der Waals surface area contributed by atoms with Crippen molar-refractivity contribution in [1.29, 1.82) is 0 Å². The lowest BCUT2D eigenvalue weighted by Gasteiger charge is -2.47. The van der Waals surface area contributed by atoms with Gasteiger partial charge in [-0.2, -0.15) is 0 Å². The summed E-state index contributed by atoms with van der Waals surface area (Å²) in [6.07, 6.45) is 11.1. The molecule has 12 heteroatoms. The fourth-order valence-corrected chi connectivity index (χ4v) is 11.4. The quantitative estimate of drug-likeness (QED) is 0.118. The SMILES string of the molecule is COc1ccccc1-c1nccc(CN2CCN(C(=O)c3ccc4c(c3)C3(CCC(Nc5cccc(Cl)c5)(C(=O)O)CC3)[C@@H](C[C@@H](C)COc3ccnc5c3[C@H](C)CCC5)C4)CC2)n1. The van der Waals surface area contributed by atoms with E-state index in [9.17, 15) is 14.7 Å². The molecule has 3 atom stereocenters. The lowest BCUT2D eigenvalue weighted by Crippen LogP contribution is -2.53. The van der Waals surface area contributed by atoms with Crippen LogP contribution in [0.5, 0.6) is 11.5 Å². The lowest BCUT2D eigenvalue weighted by molar-refractivity contribution is -0.144. The summed E-state index contributed by atoms with van der Waals surface area (Å²) >= 11 is 6.34. The average molecular weight is 884 g/mol. The summed E-state index contributed by atoms with van der Waals surface area (Å²) in [5, 5.41) is 14.8. The molecular formula is C52H59ClN6O5. The van der Waals surface area contributed by atoms with E-state index in [-0.39, 0.29) is 23.2 Å². The van der Waals surface area contributed by atoms with Gasteiger partial charge in [-0.05, 0) is 147 Å². The Kier molecular flexibility index (Phi) is 12.7. The number of ether oxygens (including phenoxy) is 2. The number of aromatic nitrogens is 3. The molecule has 5 aromatic rings. The van der Waals surface area contributed by atoms with E-state index in [0.717, 1.165) is 68.0 Å². The first-order valence-corrected chi connectivity index (χ1v) is 23.4. The van der Waals surface area contributed by atoms with Crippen LogP contribution < -0.4 is 14.8 Å². The normalized spacial score (nSPS) is 23.5. The van der Waals surface area contributed by atoms with Crippen LogP contribution in [0.25, 0.3) is 11.4 Å². The molecule has 2 N–H and O–H groups in total. The summed E-state index contributed by atoms with van der Waals surface area (Å²) in [4.78, 5) is 45.9. The second-order valence-corrected chi connectivity index (χ2v) is 19.1. The predicted molar refractivity (Wildman–Crippen MR) is 249 cm³/mol. The Morgan fingerprint density at radius 3 is 2.52 bits per heavy atom. The van der Waals surface area contributed by atoms with E-state index in [2.05, 4.69) is 46.2 Å². The number of carbonyl (C=O) groups is 2. The molecule has 3 aliphatic carbocycles. The summed E-state index contributed by atoms with van der Waals surface area (Å²) < 4.78 is 12.2. The molecule has 334 valence electrons. The van der Waals surface area contributed by atoms with E-state index >= 15 is 0 Å². The second-order valence-electron chi connectivity index (χ2n) is 18.7. The monoisotopic (exact) mass is 882 g/mol. The molecule has 1 saturated carbocycles. The first kappa shape index (κ1) is 43.7. The van der Waals surface area contributed by atoms with Crippen LogP contribution in [0.4, 0.5) is 5.69 Å². The van der Waals surface area contributed by atoms with Gasteiger partial charge in [0.2, 0.25) is 0 Å². The standard InChI is InChI=1S/C52H59ClN6O5/c1-34(33-64-46-17-23-54-44-12-6-8-35(2)47(44)46)28-38-29-36-14-15-37(30-43(36)51(38)18-20-52(21-19-51,50(61)62)57-40-10-7-9-39(53)31-40)49(60)59-26-24-58(25-27-59)32-41-16-22-55-48(56-41)42-11-4-5-13-45(42)63-3/h4-5,7,9-11,13-17,22-23,30-31,34-35,38,57H,6,8,12,18-21,24-29,32-33H2,1-3H3,(H,61,62)/t34-,35-,38+,51?,52?/m1/s1. The number of rotatable bonds is 13. The minimum Gasteiger partial charge on any atom is -0.496 e. The van der Waals surface area contributed by atoms with Crippen LogP contribution >= 0.6 is 11.6 Å². The van der Waals surface area contributed by atoms with Gasteiger partial charge in [-0.15, -0.1) is 0 Å². The summed E-state index contributed by atoms with van der Waals surface area (Å²) in [6, 6.07) is 25.4. The zero-order chi connectivity index (χ0) is 44.4. The van der Waals surface area contributed by atoms with Crippen molar-refractivity contribution in [3.05, 3.63) is 130 Å². The Morgan fingerprint density at radius 1 is 0.938 bits per heavy atom. The van der Waals surface area contributed by atoms with Crippen LogP contribution in [0.1, 0.15) is 103 Å². The van der Waals surface area contributed by atoms with E-state index < -0.39 is 11.5 Å². The van der Waals surface area contributed by atoms with Crippen molar-refractivity contribution in [3.8, 4) is 22.9 Å². The number of nitrogens with one attached hydrogen (secondary N) is 1. The van der Waals surface area contributed by atoms with Crippen molar-refractivity contribution in [3.63, 3.8) is 0 Å². The number of carboxylic acid groups (broad SMARTS) is 1. The molecule has 9 rings (SSSR count). The van der Waals surface area contributed by atoms with Crippen molar-refractivity contribution in [2.45, 2.75) is 95.1 Å². The third-order valence-corrected chi connectivity index (χ3v) is 14.9. The fourth-order valence-electron chi connectivity index (χ4n) is 11.2. The van der Waals surface area contributed by atoms with E-state index in [4.69, 9.17) is 26.1 Å². The smallest absolute Gasteiger partial charge is 0.329 e. The topological polar surface area (TPSA) is 130 Å². The van der Waals surface area contributed by atoms with Gasteiger partial charge in [-0.1, -0.05) is 49.7 Å². The summed E-state index contributed by atoms with van der Waals surface area (Å²) in [7, 11) is 1.65. The minimum atomic E-state index is -1.13. The first-order chi connectivity index (χ1) is 31.0. The van der Waals surface area contributed by atoms with Crippen LogP contribution in [-0.4, -0.2) is 87.2 Å². The van der Waals surface area contributed by atoms with Crippen LogP contribution in [0.3, 0.4) is 0 Å². The number of carbonyl (C=O) groups excluding carboxylic acids is 1. The first-order valence-electron chi connectivity index (χ1n) is 23.0. The maximum atomic E-state index is 14.4. The van der Waals surface area contributed by atoms with Crippen molar-refractivity contribution in [2.24, 2.45) is 11.8 Å². The van der Waals surface area contributed by atoms with Crippen LogP contribution in [0.15, 0.2) is 91.3 Å². The molecule has 64 heavy (non-hydrogen) atoms. The van der Waals surface area contributed by atoms with Crippen molar-refractivity contribution in [1.82, 2.24) is 24.8 Å². The number of aliphatic carboxylic acids is 1. The zero-order valence-electron chi connectivity index (χ0n) is 37.2. The van der Waals surface area contributed by atoms with E-state index in [0.29, 0.717) is 79.9 Å². The molecule has 3 aromatic carbocycles. The highest BCUT2D eigenvalue weighted by Crippen LogP contribution is 2.56. The number of fused-ring (bicyclic) bond motifs is 3. The number of anilines is 1. The Labute approximate surface area is 381 Å². The molecule has 2 fully saturated rings. The summed E-state index contributed by atoms with van der Waals surface area (Å²) in [6.45, 7) is 8.49. The van der Waals surface area contributed by atoms with Gasteiger partial charge in [0, 0.05) is 72.6 Å². The van der Waals surface area contributed by atoms with Gasteiger partial charge in [0.15, 0.2) is 5.82 Å². The maximum absolute atomic E-state index is 14.4. The van der Waals surface area contributed by atoms with Crippen molar-refractivity contribution in [2.75, 3.05) is 45.2 Å². The number of nitrogens with zero attached hydrogens (tertiary/aromatic N) is 5. The van der Waals surface area contributed by atoms with Crippen LogP contribution in [0, 0.1) is 11.8 Å². The van der Waals surface area contributed by atoms with E-state index in [1.165, 1.54) is 22.4 Å². The third kappa shape index (κ3) is 8.81. The number of carboxylic acids is 1. The average Bonchev–Trinajstić information content (AvgIpc) is 3.59. The van der Waals surface area contributed by atoms with Gasteiger partial charge in [0.25, 0.3) is 5.91 Å². The van der Waals surface area contributed by atoms with Gasteiger partial charge < -0.3 is 24.8 Å². The maximum Gasteiger partial charge on any atom is 0.329 e. The molecule has 2 aromatic heterocycles. The molecular weight excluding hydrogens is 824 g/mol. The Bertz CT molecular complexity index is 2500. The third-order valence-electron chi connectivity index (χ3n) is 14.6. The lowest BCUT2D eigenvalue weighted by atomic mass is 9.59. The summed E-state index contributed by atoms with van der Waals surface area (Å²) in [5.74, 6) is 2.45. The molecule has 0 bridgehead atoms. The van der Waals surface area contributed by atoms with Gasteiger partial charge in [0.1, 0.15) is 17.0 Å². The number of para-hydroxylation sites is 1. The molecule has 1 aliphatic heterocycles. The number of hydrogen-bond donors (Lipinski definition) is 2. The zero-order valence-corrected chi connectivity index (χ0v) is 37.9. The molecule has 1 amide bonds. The molecule has 4 aliphatic rings. The van der Waals surface area contributed by atoms with Gasteiger partial charge in [-0.25, -0.2) is 14.8 Å². The minimum absolute atomic E-state index is 0.0385. The number of hydrogen-bond acceptors (Lipinski definition) is 9. The number of aryl methyl sites for hydroxylation is 1. The van der Waals surface area contributed by atoms with Crippen molar-refractivity contribution >= 4 is 29.2 Å². The highest BCUT2D eigenvalue weighted by atomic mass is 35.5. The van der Waals surface area contributed by atoms with Crippen LogP contribution in [0.2, 0.25) is 5.02 Å². The number of halogens is 1. The predicted octanol–water partition coefficient (Wildman–Crippen LogP) is 9.62. The number of piperazine rings is 1. The van der Waals surface area contributed by atoms with Gasteiger partial charge in [-0.3, -0.25) is 14.7 Å². The van der Waals surface area contributed by atoms with Gasteiger partial charge >= 0.3 is 5.97 Å². The highest BCUT2D eigenvalue weighted by molar-refractivity contribution is 6.30. The Hall–Kier alpha value is -5.52. The number of pyridine rings is 1.